The lowest BCUT2D eigenvalue weighted by atomic mass is 9.79. The molecule has 2 rings (SSSR count). The van der Waals surface area contributed by atoms with Gasteiger partial charge < -0.3 is 10.6 Å². The maximum Gasteiger partial charge on any atom is 0.253 e. The van der Waals surface area contributed by atoms with Gasteiger partial charge in [0.2, 0.25) is 10.0 Å². The summed E-state index contributed by atoms with van der Waals surface area (Å²) in [7, 11) is -3.53. The smallest absolute Gasteiger partial charge is 0.253 e. The van der Waals surface area contributed by atoms with Crippen LogP contribution in [0, 0.1) is 5.41 Å². The van der Waals surface area contributed by atoms with Crippen molar-refractivity contribution in [2.75, 3.05) is 26.2 Å². The van der Waals surface area contributed by atoms with E-state index in [0.29, 0.717) is 31.7 Å². The number of likely N-dealkylation sites (tertiary alicyclic amines) is 1. The lowest BCUT2D eigenvalue weighted by Gasteiger charge is -2.42. The van der Waals surface area contributed by atoms with Crippen LogP contribution in [0.15, 0.2) is 29.2 Å². The standard InChI is InChI=1S/C20H33N3O3S/c1-5-12-23(13-6-2)27(25,26)17-9-7-16(8-10-17)19(24)22-14-11-18(21)20(3,4)15-22/h7-10,18H,5-6,11-15,21H2,1-4H3. The average Bonchev–Trinajstić information content (AvgIpc) is 2.63. The van der Waals surface area contributed by atoms with E-state index in [2.05, 4.69) is 13.8 Å². The van der Waals surface area contributed by atoms with Crippen molar-refractivity contribution in [1.29, 1.82) is 0 Å². The van der Waals surface area contributed by atoms with Crippen LogP contribution in [0.5, 0.6) is 0 Å². The van der Waals surface area contributed by atoms with Gasteiger partial charge in [-0.25, -0.2) is 8.42 Å². The lowest BCUT2D eigenvalue weighted by Crippen LogP contribution is -2.54. The van der Waals surface area contributed by atoms with Crippen LogP contribution >= 0.6 is 0 Å². The van der Waals surface area contributed by atoms with Crippen molar-refractivity contribution < 1.29 is 13.2 Å². The van der Waals surface area contributed by atoms with Crippen LogP contribution in [0.4, 0.5) is 0 Å². The number of rotatable bonds is 7. The number of carbonyl (C=O) groups excluding carboxylic acids is 1. The van der Waals surface area contributed by atoms with Crippen molar-refractivity contribution in [3.63, 3.8) is 0 Å². The largest absolute Gasteiger partial charge is 0.338 e. The molecule has 1 amide bonds. The van der Waals surface area contributed by atoms with Gasteiger partial charge in [-0.2, -0.15) is 4.31 Å². The van der Waals surface area contributed by atoms with Gasteiger partial charge in [0.1, 0.15) is 0 Å². The predicted molar refractivity (Wildman–Crippen MR) is 108 cm³/mol. The molecule has 1 aromatic carbocycles. The molecule has 0 aliphatic carbocycles. The van der Waals surface area contributed by atoms with Crippen molar-refractivity contribution in [3.8, 4) is 0 Å². The summed E-state index contributed by atoms with van der Waals surface area (Å²) in [4.78, 5) is 14.9. The van der Waals surface area contributed by atoms with E-state index >= 15 is 0 Å². The first-order chi connectivity index (χ1) is 12.6. The van der Waals surface area contributed by atoms with Crippen LogP contribution in [0.25, 0.3) is 0 Å². The van der Waals surface area contributed by atoms with Gasteiger partial charge in [0.25, 0.3) is 5.91 Å². The summed E-state index contributed by atoms with van der Waals surface area (Å²) in [5.74, 6) is -0.0714. The molecule has 0 saturated carbocycles. The SMILES string of the molecule is CCCN(CCC)S(=O)(=O)c1ccc(C(=O)N2CCC(N)C(C)(C)C2)cc1. The van der Waals surface area contributed by atoms with Crippen molar-refractivity contribution in [2.45, 2.75) is 57.9 Å². The second kappa shape index (κ2) is 8.71. The molecule has 1 saturated heterocycles. The van der Waals surface area contributed by atoms with Crippen LogP contribution in [0.2, 0.25) is 0 Å². The van der Waals surface area contributed by atoms with Gasteiger partial charge in [0, 0.05) is 37.8 Å². The molecule has 152 valence electrons. The third kappa shape index (κ3) is 4.89. The lowest BCUT2D eigenvalue weighted by molar-refractivity contribution is 0.0533. The summed E-state index contributed by atoms with van der Waals surface area (Å²) in [6.07, 6.45) is 2.31. The highest BCUT2D eigenvalue weighted by atomic mass is 32.2. The van der Waals surface area contributed by atoms with Crippen LogP contribution in [-0.4, -0.2) is 55.8 Å². The Morgan fingerprint density at radius 2 is 1.74 bits per heavy atom. The fourth-order valence-corrected chi connectivity index (χ4v) is 5.12. The van der Waals surface area contributed by atoms with Crippen molar-refractivity contribution in [3.05, 3.63) is 29.8 Å². The molecule has 1 aliphatic rings. The molecule has 1 fully saturated rings. The minimum atomic E-state index is -3.53. The Bertz CT molecular complexity index is 738. The second-order valence-electron chi connectivity index (χ2n) is 8.04. The average molecular weight is 396 g/mol. The first-order valence-corrected chi connectivity index (χ1v) is 11.2. The molecule has 1 unspecified atom stereocenters. The van der Waals surface area contributed by atoms with E-state index in [9.17, 15) is 13.2 Å². The normalized spacial score (nSPS) is 20.1. The summed E-state index contributed by atoms with van der Waals surface area (Å²) in [6.45, 7) is 10.3. The zero-order chi connectivity index (χ0) is 20.2. The molecule has 27 heavy (non-hydrogen) atoms. The minimum Gasteiger partial charge on any atom is -0.338 e. The van der Waals surface area contributed by atoms with Crippen LogP contribution in [0.3, 0.4) is 0 Å². The Labute approximate surface area is 163 Å². The van der Waals surface area contributed by atoms with Gasteiger partial charge >= 0.3 is 0 Å². The highest BCUT2D eigenvalue weighted by Crippen LogP contribution is 2.28. The third-order valence-corrected chi connectivity index (χ3v) is 7.20. The van der Waals surface area contributed by atoms with E-state index in [1.54, 1.807) is 24.3 Å². The Hall–Kier alpha value is -1.44. The number of benzene rings is 1. The Kier molecular flexibility index (Phi) is 7.05. The number of piperidine rings is 1. The molecule has 1 heterocycles. The Morgan fingerprint density at radius 3 is 2.22 bits per heavy atom. The molecule has 1 aliphatic heterocycles. The number of hydrogen-bond acceptors (Lipinski definition) is 4. The molecular formula is C20H33N3O3S. The van der Waals surface area contributed by atoms with Gasteiger partial charge in [0.05, 0.1) is 4.90 Å². The second-order valence-corrected chi connectivity index (χ2v) is 9.98. The van der Waals surface area contributed by atoms with Crippen LogP contribution in [0.1, 0.15) is 57.3 Å². The molecule has 1 aromatic rings. The highest BCUT2D eigenvalue weighted by molar-refractivity contribution is 7.89. The van der Waals surface area contributed by atoms with Gasteiger partial charge in [-0.05, 0) is 48.9 Å². The first kappa shape index (κ1) is 21.9. The quantitative estimate of drug-likeness (QED) is 0.769. The number of amides is 1. The van der Waals surface area contributed by atoms with E-state index in [4.69, 9.17) is 5.73 Å². The molecule has 0 aromatic heterocycles. The molecule has 0 spiro atoms. The number of nitrogens with two attached hydrogens (primary N) is 1. The van der Waals surface area contributed by atoms with Gasteiger partial charge in [-0.3, -0.25) is 4.79 Å². The van der Waals surface area contributed by atoms with Gasteiger partial charge in [-0.1, -0.05) is 27.7 Å². The molecular weight excluding hydrogens is 362 g/mol. The number of carbonyl (C=O) groups is 1. The summed E-state index contributed by atoms with van der Waals surface area (Å²) < 4.78 is 27.2. The van der Waals surface area contributed by atoms with Crippen molar-refractivity contribution in [2.24, 2.45) is 11.1 Å². The molecule has 0 bridgehead atoms. The Morgan fingerprint density at radius 1 is 1.19 bits per heavy atom. The van der Waals surface area contributed by atoms with E-state index in [1.807, 2.05) is 18.7 Å². The summed E-state index contributed by atoms with van der Waals surface area (Å²) >= 11 is 0. The van der Waals surface area contributed by atoms with E-state index in [0.717, 1.165) is 19.3 Å². The van der Waals surface area contributed by atoms with Crippen molar-refractivity contribution >= 4 is 15.9 Å². The maximum atomic E-state index is 12.8. The Balaban J connectivity index is 2.18. The van der Waals surface area contributed by atoms with Gasteiger partial charge in [0.15, 0.2) is 0 Å². The minimum absolute atomic E-state index is 0.0714. The predicted octanol–water partition coefficient (Wildman–Crippen LogP) is 2.70. The topological polar surface area (TPSA) is 83.7 Å². The number of nitrogens with zero attached hydrogens (tertiary/aromatic N) is 2. The third-order valence-electron chi connectivity index (χ3n) is 5.28. The highest BCUT2D eigenvalue weighted by Gasteiger charge is 2.35. The molecule has 7 heteroatoms. The zero-order valence-corrected chi connectivity index (χ0v) is 17.8. The van der Waals surface area contributed by atoms with E-state index < -0.39 is 10.0 Å². The zero-order valence-electron chi connectivity index (χ0n) is 16.9. The van der Waals surface area contributed by atoms with Crippen LogP contribution in [-0.2, 0) is 10.0 Å². The van der Waals surface area contributed by atoms with E-state index in [-0.39, 0.29) is 22.3 Å². The summed E-state index contributed by atoms with van der Waals surface area (Å²) in [5.41, 5.74) is 6.53. The molecule has 6 nitrogen and oxygen atoms in total. The van der Waals surface area contributed by atoms with Gasteiger partial charge in [-0.15, -0.1) is 0 Å². The van der Waals surface area contributed by atoms with E-state index in [1.165, 1.54) is 4.31 Å². The summed E-state index contributed by atoms with van der Waals surface area (Å²) in [6, 6.07) is 6.40. The van der Waals surface area contributed by atoms with Crippen LogP contribution < -0.4 is 5.73 Å². The first-order valence-electron chi connectivity index (χ1n) is 9.78. The summed E-state index contributed by atoms with van der Waals surface area (Å²) in [5, 5.41) is 0. The molecule has 2 N–H and O–H groups in total. The molecule has 1 atom stereocenters. The number of hydrogen-bond donors (Lipinski definition) is 1. The fraction of sp³-hybridized carbons (Fsp3) is 0.650. The van der Waals surface area contributed by atoms with Crippen molar-refractivity contribution in [1.82, 2.24) is 9.21 Å². The fourth-order valence-electron chi connectivity index (χ4n) is 3.50. The molecule has 0 radical (unpaired) electrons. The monoisotopic (exact) mass is 395 g/mol. The maximum absolute atomic E-state index is 12.8. The number of sulfonamides is 1.